The monoisotopic (exact) mass is 434 g/mol. The Bertz CT molecular complexity index is 1320. The fourth-order valence-corrected chi connectivity index (χ4v) is 3.31. The summed E-state index contributed by atoms with van der Waals surface area (Å²) in [6.07, 6.45) is 3.17. The van der Waals surface area contributed by atoms with Gasteiger partial charge in [-0.25, -0.2) is 4.52 Å². The van der Waals surface area contributed by atoms with Gasteiger partial charge in [-0.1, -0.05) is 0 Å². The maximum Gasteiger partial charge on any atom is 0.277 e. The smallest absolute Gasteiger partial charge is 0.277 e. The van der Waals surface area contributed by atoms with Gasteiger partial charge in [0.2, 0.25) is 5.91 Å². The van der Waals surface area contributed by atoms with Crippen LogP contribution in [0.2, 0.25) is 0 Å². The van der Waals surface area contributed by atoms with Gasteiger partial charge in [-0.3, -0.25) is 9.59 Å². The van der Waals surface area contributed by atoms with Crippen LogP contribution in [-0.4, -0.2) is 41.4 Å². The molecule has 0 saturated carbocycles. The molecule has 4 rings (SSSR count). The first-order valence-electron chi connectivity index (χ1n) is 9.77. The minimum atomic E-state index is -0.377. The number of benzene rings is 2. The van der Waals surface area contributed by atoms with Crippen molar-refractivity contribution in [2.75, 3.05) is 26.6 Å². The summed E-state index contributed by atoms with van der Waals surface area (Å²) in [5.74, 6) is 1.42. The number of aromatic nitrogens is 3. The van der Waals surface area contributed by atoms with Crippen LogP contribution in [0.25, 0.3) is 16.8 Å². The highest BCUT2D eigenvalue weighted by atomic mass is 16.5. The molecule has 2 aromatic heterocycles. The van der Waals surface area contributed by atoms with Gasteiger partial charge in [0.25, 0.3) is 5.56 Å². The Balaban J connectivity index is 1.58. The fourth-order valence-electron chi connectivity index (χ4n) is 3.31. The molecule has 2 aromatic carbocycles. The van der Waals surface area contributed by atoms with Gasteiger partial charge < -0.3 is 24.1 Å². The molecule has 9 heteroatoms. The van der Waals surface area contributed by atoms with Gasteiger partial charge in [-0.05, 0) is 42.5 Å². The molecule has 0 fully saturated rings. The first-order chi connectivity index (χ1) is 15.5. The molecule has 1 amide bonds. The summed E-state index contributed by atoms with van der Waals surface area (Å²) >= 11 is 0. The van der Waals surface area contributed by atoms with E-state index < -0.39 is 0 Å². The summed E-state index contributed by atoms with van der Waals surface area (Å²) in [5.41, 5.74) is 1.99. The second kappa shape index (κ2) is 8.84. The third-order valence-electron chi connectivity index (χ3n) is 4.98. The zero-order valence-corrected chi connectivity index (χ0v) is 17.9. The van der Waals surface area contributed by atoms with Crippen LogP contribution in [0.3, 0.4) is 0 Å². The maximum absolute atomic E-state index is 12.9. The molecule has 2 heterocycles. The molecule has 0 bridgehead atoms. The van der Waals surface area contributed by atoms with Gasteiger partial charge in [0.05, 0.1) is 32.7 Å². The van der Waals surface area contributed by atoms with Crippen molar-refractivity contribution in [2.45, 2.75) is 6.54 Å². The van der Waals surface area contributed by atoms with E-state index in [1.807, 2.05) is 24.3 Å². The van der Waals surface area contributed by atoms with Crippen molar-refractivity contribution in [1.29, 1.82) is 0 Å². The van der Waals surface area contributed by atoms with Gasteiger partial charge in [0.15, 0.2) is 0 Å². The predicted molar refractivity (Wildman–Crippen MR) is 120 cm³/mol. The van der Waals surface area contributed by atoms with E-state index in [9.17, 15) is 9.59 Å². The Hall–Kier alpha value is -4.27. The molecule has 0 aliphatic rings. The Labute approximate surface area is 183 Å². The number of rotatable bonds is 7. The lowest BCUT2D eigenvalue weighted by molar-refractivity contribution is -0.116. The van der Waals surface area contributed by atoms with E-state index in [1.54, 1.807) is 37.6 Å². The second-order valence-corrected chi connectivity index (χ2v) is 6.93. The fraction of sp³-hybridized carbons (Fsp3) is 0.174. The predicted octanol–water partition coefficient (Wildman–Crippen LogP) is 2.83. The highest BCUT2D eigenvalue weighted by molar-refractivity contribution is 5.92. The van der Waals surface area contributed by atoms with Crippen molar-refractivity contribution in [3.05, 3.63) is 71.3 Å². The first kappa shape index (κ1) is 21.0. The van der Waals surface area contributed by atoms with Gasteiger partial charge in [-0.2, -0.15) is 5.10 Å². The number of nitrogens with zero attached hydrogens (tertiary/aromatic N) is 3. The average Bonchev–Trinajstić information content (AvgIpc) is 3.26. The number of fused-ring (bicyclic) bond motifs is 1. The molecule has 0 unspecified atom stereocenters. The lowest BCUT2D eigenvalue weighted by atomic mass is 10.1. The molecule has 0 atom stereocenters. The van der Waals surface area contributed by atoms with Gasteiger partial charge in [0, 0.05) is 24.0 Å². The summed E-state index contributed by atoms with van der Waals surface area (Å²) < 4.78 is 18.5. The largest absolute Gasteiger partial charge is 0.497 e. The van der Waals surface area contributed by atoms with E-state index in [-0.39, 0.29) is 18.0 Å². The van der Waals surface area contributed by atoms with E-state index >= 15 is 0 Å². The highest BCUT2D eigenvalue weighted by Crippen LogP contribution is 2.29. The zero-order valence-electron chi connectivity index (χ0n) is 17.9. The average molecular weight is 434 g/mol. The molecule has 32 heavy (non-hydrogen) atoms. The zero-order chi connectivity index (χ0) is 22.7. The lowest BCUT2D eigenvalue weighted by Crippen LogP contribution is -2.28. The Morgan fingerprint density at radius 3 is 2.34 bits per heavy atom. The number of anilines is 1. The van der Waals surface area contributed by atoms with E-state index in [2.05, 4.69) is 10.4 Å². The molecule has 0 aliphatic heterocycles. The number of carbonyl (C=O) groups is 1. The molecule has 0 saturated heterocycles. The summed E-state index contributed by atoms with van der Waals surface area (Å²) in [6.45, 7) is -0.168. The van der Waals surface area contributed by atoms with Crippen molar-refractivity contribution in [1.82, 2.24) is 14.2 Å². The molecule has 164 valence electrons. The number of hydrogen-bond acceptors (Lipinski definition) is 6. The summed E-state index contributed by atoms with van der Waals surface area (Å²) in [4.78, 5) is 25.6. The number of nitrogens with one attached hydrogen (secondary N) is 1. The number of amides is 1. The molecule has 0 aliphatic carbocycles. The minimum Gasteiger partial charge on any atom is -0.497 e. The minimum absolute atomic E-state index is 0.168. The van der Waals surface area contributed by atoms with Crippen LogP contribution in [0.5, 0.6) is 17.2 Å². The third-order valence-corrected chi connectivity index (χ3v) is 4.98. The van der Waals surface area contributed by atoms with Crippen molar-refractivity contribution in [2.24, 2.45) is 0 Å². The molecular formula is C23H22N4O5. The standard InChI is InChI=1S/C23H22N4O5/c1-30-16-6-4-15(5-7-16)18-13-20-23(29)26(10-11-27(20)25-18)14-22(28)24-19-12-17(31-2)8-9-21(19)32-3/h4-13H,14H2,1-3H3,(H,24,28). The summed E-state index contributed by atoms with van der Waals surface area (Å²) in [5, 5.41) is 7.22. The topological polar surface area (TPSA) is 96.1 Å². The summed E-state index contributed by atoms with van der Waals surface area (Å²) in [6, 6.07) is 14.2. The van der Waals surface area contributed by atoms with E-state index in [4.69, 9.17) is 14.2 Å². The number of carbonyl (C=O) groups excluding carboxylic acids is 1. The Morgan fingerprint density at radius 1 is 0.938 bits per heavy atom. The van der Waals surface area contributed by atoms with E-state index in [1.165, 1.54) is 29.5 Å². The van der Waals surface area contributed by atoms with Gasteiger partial charge in [0.1, 0.15) is 29.3 Å². The van der Waals surface area contributed by atoms with Crippen LogP contribution in [0, 0.1) is 0 Å². The molecular weight excluding hydrogens is 412 g/mol. The normalized spacial score (nSPS) is 10.7. The molecule has 0 radical (unpaired) electrons. The highest BCUT2D eigenvalue weighted by Gasteiger charge is 2.13. The van der Waals surface area contributed by atoms with Crippen LogP contribution in [0.15, 0.2) is 65.7 Å². The molecule has 1 N–H and O–H groups in total. The first-order valence-corrected chi connectivity index (χ1v) is 9.77. The van der Waals surface area contributed by atoms with E-state index in [0.717, 1.165) is 11.3 Å². The lowest BCUT2D eigenvalue weighted by Gasteiger charge is -2.12. The molecule has 4 aromatic rings. The van der Waals surface area contributed by atoms with Crippen LogP contribution < -0.4 is 25.1 Å². The van der Waals surface area contributed by atoms with Crippen LogP contribution in [0.1, 0.15) is 0 Å². The van der Waals surface area contributed by atoms with Gasteiger partial charge >= 0.3 is 0 Å². The number of hydrogen-bond donors (Lipinski definition) is 1. The van der Waals surface area contributed by atoms with Crippen molar-refractivity contribution >= 4 is 17.1 Å². The maximum atomic E-state index is 12.9. The Morgan fingerprint density at radius 2 is 1.66 bits per heavy atom. The number of methoxy groups -OCH3 is 3. The van der Waals surface area contributed by atoms with Crippen LogP contribution in [-0.2, 0) is 11.3 Å². The third kappa shape index (κ3) is 4.13. The van der Waals surface area contributed by atoms with Crippen molar-refractivity contribution in [3.8, 4) is 28.5 Å². The van der Waals surface area contributed by atoms with Crippen molar-refractivity contribution in [3.63, 3.8) is 0 Å². The SMILES string of the molecule is COc1ccc(-c2cc3c(=O)n(CC(=O)Nc4cc(OC)ccc4OC)ccn3n2)cc1. The summed E-state index contributed by atoms with van der Waals surface area (Å²) in [7, 11) is 4.65. The Kier molecular flexibility index (Phi) is 5.80. The van der Waals surface area contributed by atoms with Crippen molar-refractivity contribution < 1.29 is 19.0 Å². The molecule has 0 spiro atoms. The van der Waals surface area contributed by atoms with E-state index in [0.29, 0.717) is 28.4 Å². The molecule has 9 nitrogen and oxygen atoms in total. The second-order valence-electron chi connectivity index (χ2n) is 6.93. The number of ether oxygens (including phenoxy) is 3. The van der Waals surface area contributed by atoms with Crippen LogP contribution in [0.4, 0.5) is 5.69 Å². The van der Waals surface area contributed by atoms with Gasteiger partial charge in [-0.15, -0.1) is 0 Å². The van der Waals surface area contributed by atoms with Crippen LogP contribution >= 0.6 is 0 Å². The quantitative estimate of drug-likeness (QED) is 0.481.